The van der Waals surface area contributed by atoms with Crippen LogP contribution in [-0.2, 0) is 6.42 Å². The normalized spacial score (nSPS) is 13.2. The number of hydrogen-bond acceptors (Lipinski definition) is 5. The molecule has 15 heavy (non-hydrogen) atoms. The van der Waals surface area contributed by atoms with Crippen molar-refractivity contribution in [3.8, 4) is 11.5 Å². The summed E-state index contributed by atoms with van der Waals surface area (Å²) < 4.78 is 10.2. The summed E-state index contributed by atoms with van der Waals surface area (Å²) in [5.41, 5.74) is 0.605. The van der Waals surface area contributed by atoms with Crippen LogP contribution in [0.25, 0.3) is 0 Å². The maximum atomic E-state index is 10.2. The highest BCUT2D eigenvalue weighted by Gasteiger charge is 2.22. The van der Waals surface area contributed by atoms with Crippen molar-refractivity contribution in [2.75, 3.05) is 6.79 Å². The van der Waals surface area contributed by atoms with E-state index >= 15 is 0 Å². The fourth-order valence-electron chi connectivity index (χ4n) is 1.30. The van der Waals surface area contributed by atoms with Gasteiger partial charge in [0.05, 0.1) is 11.3 Å². The first kappa shape index (κ1) is 9.72. The van der Waals surface area contributed by atoms with Gasteiger partial charge >= 0.3 is 6.23 Å². The van der Waals surface area contributed by atoms with E-state index in [1.54, 1.807) is 18.2 Å². The van der Waals surface area contributed by atoms with Gasteiger partial charge in [0, 0.05) is 0 Å². The predicted molar refractivity (Wildman–Crippen MR) is 48.4 cm³/mol. The number of nitro groups is 1. The number of aliphatic hydroxyl groups excluding tert-OH is 1. The summed E-state index contributed by atoms with van der Waals surface area (Å²) in [7, 11) is 0. The molecule has 0 saturated carbocycles. The van der Waals surface area contributed by atoms with Crippen molar-refractivity contribution in [1.82, 2.24) is 0 Å². The highest BCUT2D eigenvalue weighted by molar-refractivity contribution is 5.44. The highest BCUT2D eigenvalue weighted by atomic mass is 16.7. The molecule has 2 rings (SSSR count). The average molecular weight is 210 g/mol. The summed E-state index contributed by atoms with van der Waals surface area (Å²) in [5.74, 6) is 1.16. The largest absolute Gasteiger partial charge is 0.454 e. The van der Waals surface area contributed by atoms with Gasteiger partial charge in [0.1, 0.15) is 0 Å². The number of nitrogens with zero attached hydrogens (tertiary/aromatic N) is 1. The van der Waals surface area contributed by atoms with Gasteiger partial charge in [-0.1, -0.05) is 6.07 Å². The molecule has 0 saturated heterocycles. The first-order valence-corrected chi connectivity index (χ1v) is 4.24. The Morgan fingerprint density at radius 1 is 1.47 bits per heavy atom. The molecule has 0 atom stereocenters. The molecule has 1 aromatic rings. The van der Waals surface area contributed by atoms with Crippen molar-refractivity contribution in [2.45, 2.75) is 6.42 Å². The Kier molecular flexibility index (Phi) is 2.42. The third-order valence-electron chi connectivity index (χ3n) is 2.01. The van der Waals surface area contributed by atoms with Gasteiger partial charge in [-0.15, -0.1) is 0 Å². The molecule has 0 aromatic heterocycles. The van der Waals surface area contributed by atoms with Crippen molar-refractivity contribution in [3.63, 3.8) is 0 Å². The molecule has 6 heteroatoms. The van der Waals surface area contributed by atoms with Crippen LogP contribution < -0.4 is 9.47 Å². The molecule has 1 N–H and O–H groups in total. The molecule has 0 bridgehead atoms. The molecule has 0 fully saturated rings. The van der Waals surface area contributed by atoms with Crippen molar-refractivity contribution >= 4 is 0 Å². The van der Waals surface area contributed by atoms with E-state index in [1.165, 1.54) is 0 Å². The average Bonchev–Trinajstić information content (AvgIpc) is 2.64. The molecule has 1 aromatic carbocycles. The zero-order valence-corrected chi connectivity index (χ0v) is 7.67. The van der Waals surface area contributed by atoms with E-state index in [-0.39, 0.29) is 13.2 Å². The van der Waals surface area contributed by atoms with Gasteiger partial charge < -0.3 is 14.6 Å². The molecular weight excluding hydrogens is 202 g/mol. The SMILES string of the molecule is O=[N+]([O-])[C](O)Cc1ccc2c(c1)OCO2. The first-order chi connectivity index (χ1) is 7.16. The van der Waals surface area contributed by atoms with Gasteiger partial charge in [-0.05, 0) is 17.7 Å². The van der Waals surface area contributed by atoms with Crippen LogP contribution in [0.1, 0.15) is 5.56 Å². The van der Waals surface area contributed by atoms with E-state index in [0.29, 0.717) is 17.1 Å². The number of aliphatic hydroxyl groups is 1. The number of hydrogen-bond donors (Lipinski definition) is 1. The lowest BCUT2D eigenvalue weighted by Crippen LogP contribution is -2.11. The molecule has 1 radical (unpaired) electrons. The molecule has 0 amide bonds. The molecule has 0 spiro atoms. The van der Waals surface area contributed by atoms with Gasteiger partial charge in [0.15, 0.2) is 11.5 Å². The van der Waals surface area contributed by atoms with Gasteiger partial charge in [0.2, 0.25) is 6.79 Å². The minimum absolute atomic E-state index is 0.121. The Bertz CT molecular complexity index is 392. The van der Waals surface area contributed by atoms with Crippen molar-refractivity contribution in [2.24, 2.45) is 0 Å². The second-order valence-electron chi connectivity index (χ2n) is 3.04. The van der Waals surface area contributed by atoms with E-state index in [0.717, 1.165) is 0 Å². The topological polar surface area (TPSA) is 81.8 Å². The van der Waals surface area contributed by atoms with Gasteiger partial charge in [-0.2, -0.15) is 0 Å². The minimum Gasteiger partial charge on any atom is -0.454 e. The van der Waals surface area contributed by atoms with Crippen LogP contribution in [0.4, 0.5) is 0 Å². The standard InChI is InChI=1S/C9H8NO5/c11-9(10(12)13)4-6-1-2-7-8(3-6)15-5-14-7/h1-3,11H,4-5H2. The lowest BCUT2D eigenvalue weighted by Gasteiger charge is -2.01. The second kappa shape index (κ2) is 3.74. The zero-order chi connectivity index (χ0) is 10.8. The van der Waals surface area contributed by atoms with E-state index < -0.39 is 11.2 Å². The Morgan fingerprint density at radius 3 is 2.93 bits per heavy atom. The second-order valence-corrected chi connectivity index (χ2v) is 3.04. The van der Waals surface area contributed by atoms with E-state index in [1.807, 2.05) is 0 Å². The van der Waals surface area contributed by atoms with Crippen molar-refractivity contribution in [3.05, 3.63) is 40.1 Å². The summed E-state index contributed by atoms with van der Waals surface area (Å²) >= 11 is 0. The third kappa shape index (κ3) is 1.99. The molecule has 1 aliphatic heterocycles. The maximum Gasteiger partial charge on any atom is 0.423 e. The molecule has 6 nitrogen and oxygen atoms in total. The minimum atomic E-state index is -0.815. The maximum absolute atomic E-state index is 10.2. The summed E-state index contributed by atoms with van der Waals surface area (Å²) in [6.07, 6.45) is -0.905. The number of benzene rings is 1. The monoisotopic (exact) mass is 210 g/mol. The molecule has 1 aliphatic rings. The van der Waals surface area contributed by atoms with Crippen LogP contribution in [0.15, 0.2) is 18.2 Å². The first-order valence-electron chi connectivity index (χ1n) is 4.24. The summed E-state index contributed by atoms with van der Waals surface area (Å²) in [6, 6.07) is 4.92. The van der Waals surface area contributed by atoms with Gasteiger partial charge in [-0.25, -0.2) is 0 Å². The van der Waals surface area contributed by atoms with Crippen LogP contribution in [-0.4, -0.2) is 16.8 Å². The van der Waals surface area contributed by atoms with Crippen LogP contribution in [0.5, 0.6) is 11.5 Å². The Morgan fingerprint density at radius 2 is 2.20 bits per heavy atom. The number of ether oxygens (including phenoxy) is 2. The molecule has 0 unspecified atom stereocenters. The Balaban J connectivity index is 2.13. The lowest BCUT2D eigenvalue weighted by atomic mass is 10.1. The van der Waals surface area contributed by atoms with Crippen LogP contribution in [0, 0.1) is 16.3 Å². The highest BCUT2D eigenvalue weighted by Crippen LogP contribution is 2.33. The van der Waals surface area contributed by atoms with Crippen molar-refractivity contribution < 1.29 is 19.5 Å². The molecule has 1 heterocycles. The van der Waals surface area contributed by atoms with Crippen LogP contribution in [0.2, 0.25) is 0 Å². The van der Waals surface area contributed by atoms with Crippen LogP contribution >= 0.6 is 0 Å². The smallest absolute Gasteiger partial charge is 0.423 e. The molecular formula is C9H8NO5. The Hall–Kier alpha value is -1.82. The fourth-order valence-corrected chi connectivity index (χ4v) is 1.30. The van der Waals surface area contributed by atoms with Crippen LogP contribution in [0.3, 0.4) is 0 Å². The summed E-state index contributed by atoms with van der Waals surface area (Å²) in [6.45, 7) is 0.156. The van der Waals surface area contributed by atoms with Gasteiger partial charge in [0.25, 0.3) is 0 Å². The molecule has 0 aliphatic carbocycles. The zero-order valence-electron chi connectivity index (χ0n) is 7.67. The fraction of sp³-hybridized carbons (Fsp3) is 0.222. The van der Waals surface area contributed by atoms with E-state index in [9.17, 15) is 10.1 Å². The number of fused-ring (bicyclic) bond motifs is 1. The quantitative estimate of drug-likeness (QED) is 0.596. The number of rotatable bonds is 3. The van der Waals surface area contributed by atoms with Crippen molar-refractivity contribution in [1.29, 1.82) is 0 Å². The lowest BCUT2D eigenvalue weighted by molar-refractivity contribution is -0.506. The van der Waals surface area contributed by atoms with E-state index in [2.05, 4.69) is 0 Å². The third-order valence-corrected chi connectivity index (χ3v) is 2.01. The predicted octanol–water partition coefficient (Wildman–Crippen LogP) is 1.10. The van der Waals surface area contributed by atoms with E-state index in [4.69, 9.17) is 14.6 Å². The summed E-state index contributed by atoms with van der Waals surface area (Å²) in [4.78, 5) is 9.39. The van der Waals surface area contributed by atoms with Gasteiger partial charge in [-0.3, -0.25) is 10.1 Å². The summed E-state index contributed by atoms with van der Waals surface area (Å²) in [5, 5.41) is 19.2. The molecule has 79 valence electrons. The Labute approximate surface area is 85.2 Å².